The lowest BCUT2D eigenvalue weighted by Crippen LogP contribution is -2.27. The van der Waals surface area contributed by atoms with Crippen LogP contribution in [0.3, 0.4) is 0 Å². The average Bonchev–Trinajstić information content (AvgIpc) is 3.41. The summed E-state index contributed by atoms with van der Waals surface area (Å²) < 4.78 is 0. The van der Waals surface area contributed by atoms with Gasteiger partial charge in [0.05, 0.1) is 12.3 Å². The number of ketones is 1. The molecule has 46 heavy (non-hydrogen) atoms. The molecule has 5 nitrogen and oxygen atoms in total. The Labute approximate surface area is 276 Å². The molecule has 1 aliphatic heterocycles. The number of benzene rings is 4. The van der Waals surface area contributed by atoms with E-state index in [1.54, 1.807) is 6.20 Å². The number of carbonyl (C=O) groups excluding carboxylic acids is 1. The first-order valence-corrected chi connectivity index (χ1v) is 16.5. The SMILES string of the molecule is C1=CNc2ccccc2C=C1.Cc1ccccc1Nc1cnc(C(=O)C2=c3ccc4c(c3CCC2)C(O)C=c2c(Cl)cccc2=4)s1. The molecule has 8 rings (SSSR count). The predicted octanol–water partition coefficient (Wildman–Crippen LogP) is 7.97. The summed E-state index contributed by atoms with van der Waals surface area (Å²) in [7, 11) is 0. The predicted molar refractivity (Wildman–Crippen MR) is 190 cm³/mol. The number of thiazole rings is 1. The number of fused-ring (bicyclic) bond motifs is 5. The van der Waals surface area contributed by atoms with Gasteiger partial charge in [-0.1, -0.05) is 95.8 Å². The van der Waals surface area contributed by atoms with Crippen LogP contribution in [-0.2, 0) is 6.42 Å². The molecule has 1 atom stereocenters. The molecule has 1 aromatic heterocycles. The molecular formula is C39H32ClN3O2S. The first-order chi connectivity index (χ1) is 22.5. The lowest BCUT2D eigenvalue weighted by atomic mass is 9.84. The molecule has 0 radical (unpaired) electrons. The number of nitrogens with zero attached hydrogens (tertiary/aromatic N) is 1. The van der Waals surface area contributed by atoms with Crippen molar-refractivity contribution in [1.29, 1.82) is 0 Å². The van der Waals surface area contributed by atoms with Crippen molar-refractivity contribution in [1.82, 2.24) is 4.98 Å². The minimum atomic E-state index is -0.758. The van der Waals surface area contributed by atoms with Crippen molar-refractivity contribution >= 4 is 62.8 Å². The van der Waals surface area contributed by atoms with E-state index in [1.165, 1.54) is 16.9 Å². The number of carbonyl (C=O) groups is 1. The van der Waals surface area contributed by atoms with Gasteiger partial charge in [-0.25, -0.2) is 4.98 Å². The molecule has 1 unspecified atom stereocenters. The molecular weight excluding hydrogens is 610 g/mol. The van der Waals surface area contributed by atoms with E-state index < -0.39 is 6.10 Å². The Morgan fingerprint density at radius 3 is 2.67 bits per heavy atom. The molecule has 228 valence electrons. The second-order valence-electron chi connectivity index (χ2n) is 11.4. The van der Waals surface area contributed by atoms with E-state index in [9.17, 15) is 9.90 Å². The van der Waals surface area contributed by atoms with Crippen LogP contribution in [0.4, 0.5) is 16.4 Å². The third-order valence-corrected chi connectivity index (χ3v) is 9.80. The number of aliphatic hydroxyl groups is 1. The maximum atomic E-state index is 13.6. The van der Waals surface area contributed by atoms with E-state index in [2.05, 4.69) is 33.8 Å². The number of para-hydroxylation sites is 2. The van der Waals surface area contributed by atoms with Crippen LogP contribution in [0.5, 0.6) is 0 Å². The van der Waals surface area contributed by atoms with Crippen molar-refractivity contribution in [2.24, 2.45) is 0 Å². The van der Waals surface area contributed by atoms with Gasteiger partial charge in [-0.2, -0.15) is 0 Å². The van der Waals surface area contributed by atoms with Crippen LogP contribution < -0.4 is 21.1 Å². The van der Waals surface area contributed by atoms with Crippen molar-refractivity contribution in [2.45, 2.75) is 32.3 Å². The third kappa shape index (κ3) is 5.83. The Morgan fingerprint density at radius 2 is 1.78 bits per heavy atom. The monoisotopic (exact) mass is 641 g/mol. The van der Waals surface area contributed by atoms with E-state index in [4.69, 9.17) is 11.6 Å². The fraction of sp³-hybridized carbons (Fsp3) is 0.128. The number of halogens is 1. The number of hydrogen-bond acceptors (Lipinski definition) is 6. The number of aromatic nitrogens is 1. The molecule has 3 N–H and O–H groups in total. The summed E-state index contributed by atoms with van der Waals surface area (Å²) in [5.74, 6) is -0.0357. The minimum absolute atomic E-state index is 0.0357. The third-order valence-electron chi connectivity index (χ3n) is 8.56. The highest BCUT2D eigenvalue weighted by Gasteiger charge is 2.25. The van der Waals surface area contributed by atoms with Crippen LogP contribution in [0.15, 0.2) is 103 Å². The van der Waals surface area contributed by atoms with Crippen molar-refractivity contribution in [2.75, 3.05) is 10.6 Å². The molecule has 0 saturated heterocycles. The smallest absolute Gasteiger partial charge is 0.218 e. The molecule has 4 aromatic carbocycles. The zero-order chi connectivity index (χ0) is 31.6. The number of allylic oxidation sites excluding steroid dienone is 2. The molecule has 0 saturated carbocycles. The second-order valence-corrected chi connectivity index (χ2v) is 12.9. The zero-order valence-corrected chi connectivity index (χ0v) is 26.8. The van der Waals surface area contributed by atoms with Gasteiger partial charge in [-0.15, -0.1) is 0 Å². The van der Waals surface area contributed by atoms with Crippen LogP contribution in [0.1, 0.15) is 51.0 Å². The number of rotatable bonds is 4. The van der Waals surface area contributed by atoms with Gasteiger partial charge in [0, 0.05) is 28.2 Å². The van der Waals surface area contributed by atoms with E-state index in [0.29, 0.717) is 16.5 Å². The largest absolute Gasteiger partial charge is 0.384 e. The van der Waals surface area contributed by atoms with Gasteiger partial charge in [0.2, 0.25) is 5.78 Å². The second kappa shape index (κ2) is 12.9. The summed E-state index contributed by atoms with van der Waals surface area (Å²) in [5.41, 5.74) is 7.25. The van der Waals surface area contributed by atoms with Gasteiger partial charge in [0.25, 0.3) is 0 Å². The van der Waals surface area contributed by atoms with E-state index in [-0.39, 0.29) is 5.78 Å². The first-order valence-electron chi connectivity index (χ1n) is 15.3. The summed E-state index contributed by atoms with van der Waals surface area (Å²) in [6, 6.07) is 26.1. The van der Waals surface area contributed by atoms with Gasteiger partial charge in [0.1, 0.15) is 5.00 Å². The Hall–Kier alpha value is -4.75. The lowest BCUT2D eigenvalue weighted by Gasteiger charge is -2.22. The minimum Gasteiger partial charge on any atom is -0.384 e. The molecule has 3 aliphatic rings. The van der Waals surface area contributed by atoms with Gasteiger partial charge >= 0.3 is 0 Å². The Kier molecular flexibility index (Phi) is 8.41. The van der Waals surface area contributed by atoms with Crippen molar-refractivity contribution in [3.05, 3.63) is 157 Å². The molecule has 5 aromatic rings. The highest BCUT2D eigenvalue weighted by Crippen LogP contribution is 2.31. The summed E-state index contributed by atoms with van der Waals surface area (Å²) in [4.78, 5) is 18.0. The Morgan fingerprint density at radius 1 is 0.957 bits per heavy atom. The Balaban J connectivity index is 0.000000259. The fourth-order valence-electron chi connectivity index (χ4n) is 6.32. The van der Waals surface area contributed by atoms with Crippen LogP contribution in [0, 0.1) is 17.4 Å². The molecule has 0 spiro atoms. The van der Waals surface area contributed by atoms with Crippen molar-refractivity contribution < 1.29 is 9.90 Å². The fourth-order valence-corrected chi connectivity index (χ4v) is 7.36. The quantitative estimate of drug-likeness (QED) is 0.174. The van der Waals surface area contributed by atoms with Gasteiger partial charge in [-0.05, 0) is 99.7 Å². The number of aryl methyl sites for hydroxylation is 1. The van der Waals surface area contributed by atoms with E-state index >= 15 is 0 Å². The summed E-state index contributed by atoms with van der Waals surface area (Å²) in [5, 5.41) is 23.4. The number of aliphatic hydroxyl groups excluding tert-OH is 1. The summed E-state index contributed by atoms with van der Waals surface area (Å²) >= 11 is 7.78. The van der Waals surface area contributed by atoms with Crippen molar-refractivity contribution in [3.8, 4) is 0 Å². The molecule has 0 fully saturated rings. The normalized spacial score (nSPS) is 15.5. The van der Waals surface area contributed by atoms with Crippen molar-refractivity contribution in [3.63, 3.8) is 0 Å². The maximum Gasteiger partial charge on any atom is 0.218 e. The Bertz CT molecular complexity index is 2270. The van der Waals surface area contributed by atoms with Crippen LogP contribution >= 0.6 is 22.9 Å². The highest BCUT2D eigenvalue weighted by atomic mass is 35.5. The van der Waals surface area contributed by atoms with Crippen LogP contribution in [0.25, 0.3) is 17.7 Å². The first kappa shape index (κ1) is 29.9. The van der Waals surface area contributed by atoms with E-state index in [0.717, 1.165) is 72.4 Å². The lowest BCUT2D eigenvalue weighted by molar-refractivity contribution is 0.105. The summed E-state index contributed by atoms with van der Waals surface area (Å²) in [6.07, 6.45) is 13.2. The van der Waals surface area contributed by atoms with E-state index in [1.807, 2.05) is 98.1 Å². The number of nitrogens with one attached hydrogen (secondary N) is 2. The molecule has 7 heteroatoms. The van der Waals surface area contributed by atoms with Crippen LogP contribution in [-0.4, -0.2) is 15.9 Å². The van der Waals surface area contributed by atoms with Gasteiger partial charge in [0.15, 0.2) is 5.01 Å². The molecule has 2 aliphatic carbocycles. The molecule has 0 amide bonds. The zero-order valence-electron chi connectivity index (χ0n) is 25.3. The molecule has 0 bridgehead atoms. The topological polar surface area (TPSA) is 74.2 Å². The molecule has 2 heterocycles. The summed E-state index contributed by atoms with van der Waals surface area (Å²) in [6.45, 7) is 2.04. The van der Waals surface area contributed by atoms with Gasteiger partial charge < -0.3 is 15.7 Å². The average molecular weight is 642 g/mol. The van der Waals surface area contributed by atoms with Gasteiger partial charge in [-0.3, -0.25) is 4.79 Å². The standard InChI is InChI=1S/C29H23ClN2O2S.C10H9N/c1-16-6-2-3-11-24(16)32-26-15-31-29(35-26)28(34)21-9-4-8-19-18(21)12-13-20-17-7-5-10-23(30)22(17)14-25(33)27(19)20;1-2-7-10-9(5-1)6-3-4-8-11-10/h2-3,5-7,10-15,25,32-33H,4,8-9H2,1H3;1-8,11H. The number of anilines is 3. The van der Waals surface area contributed by atoms with Crippen LogP contribution in [0.2, 0.25) is 5.02 Å². The number of Topliss-reactive ketones (excluding diaryl/α,β-unsaturated/α-hetero) is 1. The maximum absolute atomic E-state index is 13.6. The number of hydrogen-bond donors (Lipinski definition) is 3. The highest BCUT2D eigenvalue weighted by molar-refractivity contribution is 7.18.